The first-order valence-electron chi connectivity index (χ1n) is 7.64. The van der Waals surface area contributed by atoms with Gasteiger partial charge in [0.25, 0.3) is 5.91 Å². The molecule has 0 unspecified atom stereocenters. The number of hydrogen-bond donors (Lipinski definition) is 2. The number of nitrogens with one attached hydrogen (secondary N) is 2. The third-order valence-corrected chi connectivity index (χ3v) is 5.93. The highest BCUT2D eigenvalue weighted by Gasteiger charge is 2.17. The van der Waals surface area contributed by atoms with Gasteiger partial charge in [-0.25, -0.2) is 9.97 Å². The molecule has 0 aliphatic heterocycles. The number of anilines is 1. The topological polar surface area (TPSA) is 66.9 Å². The molecule has 0 radical (unpaired) electrons. The molecule has 0 saturated heterocycles. The van der Waals surface area contributed by atoms with Crippen molar-refractivity contribution < 1.29 is 4.79 Å². The summed E-state index contributed by atoms with van der Waals surface area (Å²) in [5.41, 5.74) is 2.06. The number of hydrogen-bond acceptors (Lipinski definition) is 6. The Morgan fingerprint density at radius 1 is 1.27 bits per heavy atom. The molecule has 1 aliphatic carbocycles. The summed E-state index contributed by atoms with van der Waals surface area (Å²) in [5, 5.41) is 8.07. The summed E-state index contributed by atoms with van der Waals surface area (Å²) in [7, 11) is 0. The van der Waals surface area contributed by atoms with E-state index in [2.05, 4.69) is 20.6 Å². The molecule has 7 heteroatoms. The van der Waals surface area contributed by atoms with E-state index in [9.17, 15) is 4.79 Å². The maximum atomic E-state index is 12.2. The molecule has 22 heavy (non-hydrogen) atoms. The Bertz CT molecular complexity index is 656. The molecule has 1 aliphatic rings. The van der Waals surface area contributed by atoms with Gasteiger partial charge in [-0.2, -0.15) is 0 Å². The molecule has 0 bridgehead atoms. The fraction of sp³-hybridized carbons (Fsp3) is 0.533. The van der Waals surface area contributed by atoms with E-state index >= 15 is 0 Å². The number of nitrogens with zero attached hydrogens (tertiary/aromatic N) is 2. The highest BCUT2D eigenvalue weighted by molar-refractivity contribution is 7.17. The second-order valence-electron chi connectivity index (χ2n) is 5.30. The van der Waals surface area contributed by atoms with Gasteiger partial charge in [-0.05, 0) is 33.1 Å². The van der Waals surface area contributed by atoms with Crippen LogP contribution in [0, 0.1) is 6.92 Å². The minimum Gasteiger partial charge on any atom is -0.362 e. The minimum atomic E-state index is -0.0387. The number of amides is 1. The Morgan fingerprint density at radius 3 is 2.91 bits per heavy atom. The molecule has 0 aromatic carbocycles. The predicted octanol–water partition coefficient (Wildman–Crippen LogP) is 2.80. The average Bonchev–Trinajstić information content (AvgIpc) is 3.13. The Balaban J connectivity index is 1.53. The molecule has 2 aromatic heterocycles. The van der Waals surface area contributed by atoms with Gasteiger partial charge in [0.2, 0.25) is 0 Å². The summed E-state index contributed by atoms with van der Waals surface area (Å²) in [4.78, 5) is 23.4. The number of carbonyl (C=O) groups excluding carboxylic acids is 1. The molecule has 0 atom stereocenters. The van der Waals surface area contributed by atoms with Crippen LogP contribution in [0.25, 0.3) is 0 Å². The normalized spacial score (nSPS) is 13.2. The molecule has 5 nitrogen and oxygen atoms in total. The second-order valence-corrected chi connectivity index (χ2v) is 7.47. The summed E-state index contributed by atoms with van der Waals surface area (Å²) in [5.74, 6) is -0.0387. The van der Waals surface area contributed by atoms with E-state index < -0.39 is 0 Å². The highest BCUT2D eigenvalue weighted by atomic mass is 32.1. The van der Waals surface area contributed by atoms with Crippen molar-refractivity contribution in [2.45, 2.75) is 39.5 Å². The molecule has 0 saturated carbocycles. The molecule has 2 aromatic rings. The standard InChI is InChI=1S/C15H20N4OS2/c1-3-16-15-18-9(2)13(22-15)14(20)17-8-7-12-19-10-5-4-6-11(10)21-12/h3-8H2,1-2H3,(H,16,18)(H,17,20). The van der Waals surface area contributed by atoms with Crippen molar-refractivity contribution in [1.82, 2.24) is 15.3 Å². The van der Waals surface area contributed by atoms with Crippen LogP contribution < -0.4 is 10.6 Å². The van der Waals surface area contributed by atoms with Gasteiger partial charge in [0.05, 0.1) is 16.4 Å². The van der Waals surface area contributed by atoms with Crippen molar-refractivity contribution in [1.29, 1.82) is 0 Å². The lowest BCUT2D eigenvalue weighted by atomic mass is 10.3. The molecule has 2 N–H and O–H groups in total. The zero-order chi connectivity index (χ0) is 15.5. The quantitative estimate of drug-likeness (QED) is 0.851. The van der Waals surface area contributed by atoms with Crippen LogP contribution in [0.15, 0.2) is 0 Å². The number of aryl methyl sites for hydroxylation is 3. The van der Waals surface area contributed by atoms with Gasteiger partial charge >= 0.3 is 0 Å². The van der Waals surface area contributed by atoms with Crippen molar-refractivity contribution in [2.24, 2.45) is 0 Å². The van der Waals surface area contributed by atoms with Gasteiger partial charge in [-0.3, -0.25) is 4.79 Å². The summed E-state index contributed by atoms with van der Waals surface area (Å²) >= 11 is 3.21. The first kappa shape index (κ1) is 15.4. The largest absolute Gasteiger partial charge is 0.362 e. The first-order valence-corrected chi connectivity index (χ1v) is 9.27. The van der Waals surface area contributed by atoms with E-state index in [4.69, 9.17) is 0 Å². The van der Waals surface area contributed by atoms with E-state index in [1.54, 1.807) is 11.3 Å². The zero-order valence-corrected chi connectivity index (χ0v) is 14.5. The van der Waals surface area contributed by atoms with Crippen LogP contribution >= 0.6 is 22.7 Å². The highest BCUT2D eigenvalue weighted by Crippen LogP contribution is 2.27. The van der Waals surface area contributed by atoms with Crippen LogP contribution in [-0.4, -0.2) is 29.0 Å². The fourth-order valence-corrected chi connectivity index (χ4v) is 4.65. The lowest BCUT2D eigenvalue weighted by Crippen LogP contribution is -2.25. The van der Waals surface area contributed by atoms with Crippen molar-refractivity contribution in [3.63, 3.8) is 0 Å². The number of thiazole rings is 2. The molecule has 0 fully saturated rings. The summed E-state index contributed by atoms with van der Waals surface area (Å²) in [6.07, 6.45) is 4.34. The van der Waals surface area contributed by atoms with E-state index in [0.717, 1.165) is 35.2 Å². The van der Waals surface area contributed by atoms with Crippen molar-refractivity contribution in [2.75, 3.05) is 18.4 Å². The van der Waals surface area contributed by atoms with Gasteiger partial charge < -0.3 is 10.6 Å². The van der Waals surface area contributed by atoms with E-state index in [1.807, 2.05) is 13.8 Å². The average molecular weight is 336 g/mol. The van der Waals surface area contributed by atoms with Crippen LogP contribution in [0.5, 0.6) is 0 Å². The van der Waals surface area contributed by atoms with Crippen LogP contribution in [0.3, 0.4) is 0 Å². The SMILES string of the molecule is CCNc1nc(C)c(C(=O)NCCc2nc3c(s2)CCC3)s1. The predicted molar refractivity (Wildman–Crippen MR) is 91.2 cm³/mol. The van der Waals surface area contributed by atoms with Gasteiger partial charge in [-0.1, -0.05) is 11.3 Å². The van der Waals surface area contributed by atoms with Gasteiger partial charge in [-0.15, -0.1) is 11.3 Å². The molecule has 3 rings (SSSR count). The first-order chi connectivity index (χ1) is 10.7. The summed E-state index contributed by atoms with van der Waals surface area (Å²) in [6.45, 7) is 5.32. The monoisotopic (exact) mass is 336 g/mol. The van der Waals surface area contributed by atoms with E-state index in [0.29, 0.717) is 11.4 Å². The second kappa shape index (κ2) is 6.75. The third-order valence-electron chi connectivity index (χ3n) is 3.60. The third kappa shape index (κ3) is 3.30. The lowest BCUT2D eigenvalue weighted by Gasteiger charge is -2.02. The maximum Gasteiger partial charge on any atom is 0.263 e. The van der Waals surface area contributed by atoms with Gasteiger partial charge in [0, 0.05) is 24.4 Å². The number of rotatable bonds is 6. The Hall–Kier alpha value is -1.47. The summed E-state index contributed by atoms with van der Waals surface area (Å²) in [6, 6.07) is 0. The van der Waals surface area contributed by atoms with Gasteiger partial charge in [0.1, 0.15) is 4.88 Å². The molecular formula is C15H20N4OS2. The van der Waals surface area contributed by atoms with Crippen molar-refractivity contribution in [3.8, 4) is 0 Å². The molecule has 118 valence electrons. The van der Waals surface area contributed by atoms with Crippen LogP contribution in [0.2, 0.25) is 0 Å². The smallest absolute Gasteiger partial charge is 0.263 e. The van der Waals surface area contributed by atoms with Crippen LogP contribution in [0.1, 0.15) is 44.3 Å². The Kier molecular flexibility index (Phi) is 4.73. The van der Waals surface area contributed by atoms with E-state index in [-0.39, 0.29) is 5.91 Å². The van der Waals surface area contributed by atoms with Crippen LogP contribution in [0.4, 0.5) is 5.13 Å². The van der Waals surface area contributed by atoms with Gasteiger partial charge in [0.15, 0.2) is 5.13 Å². The number of fused-ring (bicyclic) bond motifs is 1. The zero-order valence-electron chi connectivity index (χ0n) is 12.9. The molecule has 1 amide bonds. The van der Waals surface area contributed by atoms with Crippen LogP contribution in [-0.2, 0) is 19.3 Å². The maximum absolute atomic E-state index is 12.2. The Morgan fingerprint density at radius 2 is 2.14 bits per heavy atom. The van der Waals surface area contributed by atoms with Crippen molar-refractivity contribution >= 4 is 33.7 Å². The number of aromatic nitrogens is 2. The summed E-state index contributed by atoms with van der Waals surface area (Å²) < 4.78 is 0. The molecule has 2 heterocycles. The minimum absolute atomic E-state index is 0.0387. The Labute approximate surface area is 138 Å². The van der Waals surface area contributed by atoms with Crippen molar-refractivity contribution in [3.05, 3.63) is 26.1 Å². The van der Waals surface area contributed by atoms with E-state index in [1.165, 1.54) is 34.7 Å². The molecule has 0 spiro atoms. The molecular weight excluding hydrogens is 316 g/mol. The fourth-order valence-electron chi connectivity index (χ4n) is 2.55. The number of carbonyl (C=O) groups is 1. The lowest BCUT2D eigenvalue weighted by molar-refractivity contribution is 0.0957.